The summed E-state index contributed by atoms with van der Waals surface area (Å²) in [6.45, 7) is 2.34. The molecule has 1 atom stereocenters. The van der Waals surface area contributed by atoms with Crippen molar-refractivity contribution in [3.8, 4) is 23.3 Å². The van der Waals surface area contributed by atoms with Gasteiger partial charge in [0.15, 0.2) is 18.0 Å². The summed E-state index contributed by atoms with van der Waals surface area (Å²) in [5.74, 6) is -1.78. The molecular weight excluding hydrogens is 1160 g/mol. The van der Waals surface area contributed by atoms with Crippen LogP contribution in [0.15, 0.2) is 155 Å². The molecule has 19 nitrogen and oxygen atoms in total. The van der Waals surface area contributed by atoms with Crippen LogP contribution in [0.2, 0.25) is 10.0 Å². The van der Waals surface area contributed by atoms with E-state index in [2.05, 4.69) is 40.7 Å². The van der Waals surface area contributed by atoms with Crippen LogP contribution in [0.4, 0.5) is 17.6 Å². The number of nitrogens with one attached hydrogen (secondary N) is 1. The Kier molecular flexibility index (Phi) is 21.4. The molecule has 27 heteroatoms. The number of oxime groups is 4. The number of nitrogens with zero attached hydrogens (tertiary/aromatic N) is 8. The van der Waals surface area contributed by atoms with Gasteiger partial charge in [-0.3, -0.25) is 9.78 Å². The molecular formula is C55H50Cl3F4N9O10S. The number of rotatable bonds is 19. The lowest BCUT2D eigenvalue weighted by molar-refractivity contribution is -0.137. The van der Waals surface area contributed by atoms with Gasteiger partial charge in [-0.1, -0.05) is 118 Å². The first-order valence-electron chi connectivity index (χ1n) is 24.4. The molecule has 2 aliphatic rings. The minimum absolute atomic E-state index is 0.0484. The van der Waals surface area contributed by atoms with E-state index in [4.69, 9.17) is 85.3 Å². The number of benzene rings is 5. The molecule has 0 radical (unpaired) electrons. The zero-order valence-electron chi connectivity index (χ0n) is 43.9. The molecule has 82 heavy (non-hydrogen) atoms. The Labute approximate surface area is 486 Å². The maximum Gasteiger partial charge on any atom is 0.416 e. The van der Waals surface area contributed by atoms with Gasteiger partial charge < -0.3 is 43.4 Å². The summed E-state index contributed by atoms with van der Waals surface area (Å²) in [6.07, 6.45) is 0.0948. The van der Waals surface area contributed by atoms with E-state index in [-0.39, 0.29) is 71.6 Å². The summed E-state index contributed by atoms with van der Waals surface area (Å²) < 4.78 is 77.1. The first-order valence-corrected chi connectivity index (χ1v) is 25.9. The number of hydrogen-bond acceptors (Lipinski definition) is 18. The van der Waals surface area contributed by atoms with Crippen LogP contribution in [0.25, 0.3) is 0 Å². The SMILES string of the molecule is CO/N=C(/C1=NOCCO1)c1ccccc1Oc1ncnc(Oc2ccccc2Cl)c1F.CO/N=C(\C(=O)OC)c1ccccc1CO/N=C(\C)c1cccc(C(F)(F)F)c1.OC(Cc1ccccc1Cl)(Cn1[nH]cnc1=S)C1(Cl)CC1. The van der Waals surface area contributed by atoms with E-state index < -0.39 is 34.0 Å². The van der Waals surface area contributed by atoms with Crippen molar-refractivity contribution in [1.29, 1.82) is 0 Å². The standard InChI is InChI=1S/C21H16ClFN4O5.C20H19F3N2O4.C14H15Cl2N3OS/c1-28-26-18(21-27-30-11-10-29-21)13-6-2-4-8-15(13)31-19-17(23)20(25-12-24-19)32-16-9-5-3-7-14(16)22;1-13(14-8-6-9-16(11-14)20(21,22)23)24-29-12-15-7-4-5-10-17(15)18(25-28-3)19(26)27-2;15-11-4-2-1-3-10(11)7-14(20,13(16)5-6-13)8-19-12(21)17-9-18-19/h2-9,12H,10-11H2,1H3;4-11H,12H2,1-3H3;1-4,9,20H,5-8H2,(H,17,18,21)/b26-18+;24-13+,25-18-;. The Bertz CT molecular complexity index is 3530. The van der Waals surface area contributed by atoms with Crippen LogP contribution in [0.3, 0.4) is 0 Å². The quantitative estimate of drug-likeness (QED) is 0.0192. The number of halogens is 7. The first-order chi connectivity index (χ1) is 39.4. The van der Waals surface area contributed by atoms with Crippen molar-refractivity contribution in [2.24, 2.45) is 20.6 Å². The number of esters is 1. The number of methoxy groups -OCH3 is 1. The van der Waals surface area contributed by atoms with Crippen LogP contribution in [0.1, 0.15) is 53.1 Å². The number of carbonyl (C=O) groups excluding carboxylic acids is 1. The van der Waals surface area contributed by atoms with Crippen LogP contribution in [0.5, 0.6) is 23.3 Å². The van der Waals surface area contributed by atoms with Crippen LogP contribution in [-0.4, -0.2) is 104 Å². The van der Waals surface area contributed by atoms with Gasteiger partial charge in [-0.05, 0) is 90.7 Å². The lowest BCUT2D eigenvalue weighted by atomic mass is 9.89. The van der Waals surface area contributed by atoms with Gasteiger partial charge in [-0.2, -0.15) is 27.5 Å². The topological polar surface area (TPSA) is 220 Å². The summed E-state index contributed by atoms with van der Waals surface area (Å²) >= 11 is 24.0. The van der Waals surface area contributed by atoms with Gasteiger partial charge in [-0.25, -0.2) is 9.78 Å². The third-order valence-corrected chi connectivity index (χ3v) is 13.7. The predicted octanol–water partition coefficient (Wildman–Crippen LogP) is 12.1. The summed E-state index contributed by atoms with van der Waals surface area (Å²) in [5.41, 5.74) is 1.07. The largest absolute Gasteiger partial charge is 0.470 e. The molecule has 1 unspecified atom stereocenters. The molecule has 7 aromatic rings. The van der Waals surface area contributed by atoms with Crippen molar-refractivity contribution in [3.05, 3.63) is 188 Å². The van der Waals surface area contributed by atoms with Crippen LogP contribution >= 0.6 is 47.0 Å². The molecule has 2 aromatic heterocycles. The molecule has 0 bridgehead atoms. The average Bonchev–Trinajstić information content (AvgIpc) is 3.15. The Morgan fingerprint density at radius 3 is 2.05 bits per heavy atom. The molecule has 5 aromatic carbocycles. The van der Waals surface area contributed by atoms with Crippen molar-refractivity contribution in [2.45, 2.75) is 56.0 Å². The molecule has 9 rings (SSSR count). The maximum atomic E-state index is 15.1. The number of hydrogen-bond donors (Lipinski definition) is 2. The Morgan fingerprint density at radius 1 is 0.805 bits per heavy atom. The summed E-state index contributed by atoms with van der Waals surface area (Å²) in [5, 5.41) is 30.4. The summed E-state index contributed by atoms with van der Waals surface area (Å²) in [7, 11) is 3.89. The van der Waals surface area contributed by atoms with Gasteiger partial charge in [0, 0.05) is 22.6 Å². The number of aliphatic hydroxyl groups is 1. The predicted molar refractivity (Wildman–Crippen MR) is 299 cm³/mol. The maximum absolute atomic E-state index is 15.1. The van der Waals surface area contributed by atoms with Crippen molar-refractivity contribution in [3.63, 3.8) is 0 Å². The molecule has 0 saturated heterocycles. The Morgan fingerprint density at radius 2 is 1.44 bits per heavy atom. The molecule has 430 valence electrons. The molecule has 0 spiro atoms. The van der Waals surface area contributed by atoms with Crippen LogP contribution < -0.4 is 9.47 Å². The molecule has 1 aliphatic carbocycles. The fraction of sp³-hybridized carbons (Fsp3) is 0.255. The third kappa shape index (κ3) is 16.1. The van der Waals surface area contributed by atoms with E-state index in [0.717, 1.165) is 36.9 Å². The van der Waals surface area contributed by atoms with Crippen LogP contribution in [-0.2, 0) is 59.4 Å². The van der Waals surface area contributed by atoms with E-state index >= 15 is 4.39 Å². The summed E-state index contributed by atoms with van der Waals surface area (Å²) in [4.78, 5) is 43.0. The Hall–Kier alpha value is -8.16. The fourth-order valence-corrected chi connectivity index (χ4v) is 8.42. The van der Waals surface area contributed by atoms with Gasteiger partial charge in [0.25, 0.3) is 17.7 Å². The van der Waals surface area contributed by atoms with Crippen molar-refractivity contribution in [1.82, 2.24) is 24.7 Å². The molecule has 3 heterocycles. The van der Waals surface area contributed by atoms with Gasteiger partial charge in [-0.15, -0.1) is 11.6 Å². The number of aromatic amines is 1. The van der Waals surface area contributed by atoms with Crippen molar-refractivity contribution < 1.29 is 65.8 Å². The molecule has 1 saturated carbocycles. The zero-order valence-corrected chi connectivity index (χ0v) is 47.0. The second-order valence-electron chi connectivity index (χ2n) is 17.5. The van der Waals surface area contributed by atoms with Gasteiger partial charge >= 0.3 is 12.1 Å². The molecule has 1 fully saturated rings. The van der Waals surface area contributed by atoms with E-state index in [1.54, 1.807) is 77.5 Å². The average molecular weight is 1210 g/mol. The van der Waals surface area contributed by atoms with Crippen molar-refractivity contribution >= 4 is 76.0 Å². The van der Waals surface area contributed by atoms with Crippen molar-refractivity contribution in [2.75, 3.05) is 34.5 Å². The molecule has 0 amide bonds. The fourth-order valence-electron chi connectivity index (χ4n) is 7.66. The van der Waals surface area contributed by atoms with Gasteiger partial charge in [0.2, 0.25) is 10.6 Å². The highest BCUT2D eigenvalue weighted by Gasteiger charge is 2.58. The third-order valence-electron chi connectivity index (χ3n) is 11.9. The number of carbonyl (C=O) groups is 1. The monoisotopic (exact) mass is 1210 g/mol. The second kappa shape index (κ2) is 28.5. The summed E-state index contributed by atoms with van der Waals surface area (Å²) in [6, 6.07) is 32.4. The minimum Gasteiger partial charge on any atom is -0.470 e. The number of para-hydroxylation sites is 2. The highest BCUT2D eigenvalue weighted by Crippen LogP contribution is 2.53. The van der Waals surface area contributed by atoms with Gasteiger partial charge in [0.1, 0.15) is 57.2 Å². The van der Waals surface area contributed by atoms with Crippen LogP contribution in [0, 0.1) is 10.6 Å². The minimum atomic E-state index is -4.44. The van der Waals surface area contributed by atoms with E-state index in [1.807, 2.05) is 24.3 Å². The highest BCUT2D eigenvalue weighted by molar-refractivity contribution is 7.71. The first kappa shape index (κ1) is 61.5. The van der Waals surface area contributed by atoms with E-state index in [9.17, 15) is 23.1 Å². The molecule has 1 aliphatic heterocycles. The zero-order chi connectivity index (χ0) is 58.9. The highest BCUT2D eigenvalue weighted by atomic mass is 35.5. The van der Waals surface area contributed by atoms with E-state index in [1.165, 1.54) is 46.7 Å². The number of aromatic nitrogens is 5. The number of H-pyrrole nitrogens is 1. The normalized spacial score (nSPS) is 14.6. The Balaban J connectivity index is 0.000000181. The number of alkyl halides is 4. The molecule has 2 N–H and O–H groups in total. The smallest absolute Gasteiger partial charge is 0.416 e. The lowest BCUT2D eigenvalue weighted by Crippen LogP contribution is -2.47. The number of ether oxygens (including phenoxy) is 4. The lowest BCUT2D eigenvalue weighted by Gasteiger charge is -2.33. The van der Waals surface area contributed by atoms with Gasteiger partial charge in [0.05, 0.1) is 40.4 Å². The van der Waals surface area contributed by atoms with E-state index in [0.29, 0.717) is 44.5 Å². The second-order valence-corrected chi connectivity index (χ2v) is 19.4.